The van der Waals surface area contributed by atoms with Gasteiger partial charge in [-0.1, -0.05) is 17.7 Å². The van der Waals surface area contributed by atoms with Crippen molar-refractivity contribution >= 4 is 17.3 Å². The van der Waals surface area contributed by atoms with Gasteiger partial charge in [0.1, 0.15) is 13.2 Å². The number of rotatable bonds is 5. The first-order valence-electron chi connectivity index (χ1n) is 8.98. The van der Waals surface area contributed by atoms with Crippen molar-refractivity contribution in [2.24, 2.45) is 0 Å². The number of benzene rings is 1. The van der Waals surface area contributed by atoms with Crippen molar-refractivity contribution < 1.29 is 9.47 Å². The van der Waals surface area contributed by atoms with Crippen molar-refractivity contribution in [3.05, 3.63) is 41.3 Å². The zero-order chi connectivity index (χ0) is 17.8. The van der Waals surface area contributed by atoms with E-state index in [1.165, 1.54) is 0 Å². The second kappa shape index (κ2) is 7.97. The first-order chi connectivity index (χ1) is 12.8. The summed E-state index contributed by atoms with van der Waals surface area (Å²) >= 11 is 6.13. The van der Waals surface area contributed by atoms with Gasteiger partial charge in [-0.2, -0.15) is 0 Å². The second-order valence-electron chi connectivity index (χ2n) is 6.40. The van der Waals surface area contributed by atoms with Crippen LogP contribution in [0.2, 0.25) is 0 Å². The van der Waals surface area contributed by atoms with Gasteiger partial charge in [0, 0.05) is 51.7 Å². The van der Waals surface area contributed by atoms with Crippen molar-refractivity contribution in [2.75, 3.05) is 57.4 Å². The van der Waals surface area contributed by atoms with Gasteiger partial charge in [-0.15, -0.1) is 0 Å². The number of piperazine rings is 1. The molecule has 3 heterocycles. The molecule has 140 valence electrons. The molecule has 0 spiro atoms. The SMILES string of the molecule is ClC1=CNNC=C1NCCN1CCN(c2cccc3c2OCCO3)CC1. The standard InChI is InChI=1S/C18H24ClN5O2/c19-14-12-21-22-13-15(14)20-4-5-23-6-8-24(9-7-23)16-2-1-3-17-18(16)26-11-10-25-17/h1-3,12-13,20-22H,4-11H2. The van der Waals surface area contributed by atoms with Crippen LogP contribution in [0.1, 0.15) is 0 Å². The van der Waals surface area contributed by atoms with E-state index in [9.17, 15) is 0 Å². The first kappa shape index (κ1) is 17.2. The summed E-state index contributed by atoms with van der Waals surface area (Å²) in [6.07, 6.45) is 3.57. The van der Waals surface area contributed by atoms with E-state index in [1.807, 2.05) is 18.3 Å². The van der Waals surface area contributed by atoms with E-state index < -0.39 is 0 Å². The van der Waals surface area contributed by atoms with Gasteiger partial charge in [-0.25, -0.2) is 0 Å². The molecule has 3 aliphatic rings. The minimum Gasteiger partial charge on any atom is -0.486 e. The summed E-state index contributed by atoms with van der Waals surface area (Å²) in [5, 5.41) is 4.05. The van der Waals surface area contributed by atoms with E-state index >= 15 is 0 Å². The van der Waals surface area contributed by atoms with Crippen LogP contribution in [0.25, 0.3) is 0 Å². The normalized spacial score (nSPS) is 19.8. The van der Waals surface area contributed by atoms with Crippen LogP contribution in [0.5, 0.6) is 11.5 Å². The van der Waals surface area contributed by atoms with Crippen LogP contribution in [0.4, 0.5) is 5.69 Å². The van der Waals surface area contributed by atoms with Crippen LogP contribution < -0.4 is 30.5 Å². The molecule has 3 aliphatic heterocycles. The molecule has 0 unspecified atom stereocenters. The van der Waals surface area contributed by atoms with Gasteiger partial charge in [0.2, 0.25) is 0 Å². The van der Waals surface area contributed by atoms with Crippen LogP contribution in [0.3, 0.4) is 0 Å². The molecule has 1 aromatic rings. The van der Waals surface area contributed by atoms with Crippen LogP contribution in [-0.4, -0.2) is 57.4 Å². The van der Waals surface area contributed by atoms with E-state index in [-0.39, 0.29) is 0 Å². The maximum atomic E-state index is 6.13. The number of hydrazine groups is 1. The fourth-order valence-electron chi connectivity index (χ4n) is 3.37. The maximum Gasteiger partial charge on any atom is 0.184 e. The van der Waals surface area contributed by atoms with E-state index in [1.54, 1.807) is 6.20 Å². The lowest BCUT2D eigenvalue weighted by Gasteiger charge is -2.37. The summed E-state index contributed by atoms with van der Waals surface area (Å²) in [7, 11) is 0. The van der Waals surface area contributed by atoms with Gasteiger partial charge in [-0.3, -0.25) is 4.90 Å². The quantitative estimate of drug-likeness (QED) is 0.712. The zero-order valence-electron chi connectivity index (χ0n) is 14.6. The Morgan fingerprint density at radius 2 is 1.85 bits per heavy atom. The van der Waals surface area contributed by atoms with Crippen LogP contribution in [0.15, 0.2) is 41.3 Å². The highest BCUT2D eigenvalue weighted by Crippen LogP contribution is 2.39. The number of allylic oxidation sites excluding steroid dienone is 1. The van der Waals surface area contributed by atoms with Gasteiger partial charge in [0.25, 0.3) is 0 Å². The molecule has 0 radical (unpaired) electrons. The zero-order valence-corrected chi connectivity index (χ0v) is 15.4. The van der Waals surface area contributed by atoms with Crippen molar-refractivity contribution in [1.29, 1.82) is 0 Å². The fraction of sp³-hybridized carbons (Fsp3) is 0.444. The number of anilines is 1. The van der Waals surface area contributed by atoms with Gasteiger partial charge in [-0.05, 0) is 12.1 Å². The number of halogens is 1. The average Bonchev–Trinajstić information content (AvgIpc) is 2.70. The molecule has 8 heteroatoms. The van der Waals surface area contributed by atoms with E-state index in [4.69, 9.17) is 21.1 Å². The third-order valence-electron chi connectivity index (χ3n) is 4.76. The second-order valence-corrected chi connectivity index (χ2v) is 6.80. The predicted octanol–water partition coefficient (Wildman–Crippen LogP) is 1.20. The Bertz CT molecular complexity index is 701. The van der Waals surface area contributed by atoms with E-state index in [0.29, 0.717) is 18.2 Å². The molecule has 0 saturated carbocycles. The maximum absolute atomic E-state index is 6.13. The number of hydrogen-bond donors (Lipinski definition) is 3. The van der Waals surface area contributed by atoms with Crippen LogP contribution in [0, 0.1) is 0 Å². The lowest BCUT2D eigenvalue weighted by Crippen LogP contribution is -2.48. The summed E-state index contributed by atoms with van der Waals surface area (Å²) in [6.45, 7) is 7.09. The van der Waals surface area contributed by atoms with Crippen LogP contribution >= 0.6 is 11.6 Å². The molecule has 0 aliphatic carbocycles. The molecule has 4 rings (SSSR count). The number of nitrogens with one attached hydrogen (secondary N) is 3. The highest BCUT2D eigenvalue weighted by atomic mass is 35.5. The predicted molar refractivity (Wildman–Crippen MR) is 102 cm³/mol. The first-order valence-corrected chi connectivity index (χ1v) is 9.36. The molecule has 0 bridgehead atoms. The van der Waals surface area contributed by atoms with Crippen molar-refractivity contribution in [2.45, 2.75) is 0 Å². The highest BCUT2D eigenvalue weighted by Gasteiger charge is 2.23. The van der Waals surface area contributed by atoms with Crippen molar-refractivity contribution in [3.8, 4) is 11.5 Å². The number of para-hydroxylation sites is 1. The lowest BCUT2D eigenvalue weighted by molar-refractivity contribution is 0.171. The Hall–Kier alpha value is -2.25. The Kier molecular flexibility index (Phi) is 5.26. The molecule has 1 aromatic carbocycles. The highest BCUT2D eigenvalue weighted by molar-refractivity contribution is 6.31. The van der Waals surface area contributed by atoms with Crippen molar-refractivity contribution in [3.63, 3.8) is 0 Å². The minimum atomic E-state index is 0.618. The lowest BCUT2D eigenvalue weighted by atomic mass is 10.2. The smallest absolute Gasteiger partial charge is 0.184 e. The summed E-state index contributed by atoms with van der Waals surface area (Å²) < 4.78 is 11.5. The fourth-order valence-corrected chi connectivity index (χ4v) is 3.55. The van der Waals surface area contributed by atoms with Gasteiger partial charge < -0.3 is 30.5 Å². The minimum absolute atomic E-state index is 0.618. The van der Waals surface area contributed by atoms with Gasteiger partial charge >= 0.3 is 0 Å². The number of hydrogen-bond acceptors (Lipinski definition) is 7. The van der Waals surface area contributed by atoms with Crippen LogP contribution in [-0.2, 0) is 0 Å². The Labute approximate surface area is 158 Å². The average molecular weight is 378 g/mol. The van der Waals surface area contributed by atoms with Crippen molar-refractivity contribution in [1.82, 2.24) is 21.1 Å². The number of nitrogens with zero attached hydrogens (tertiary/aromatic N) is 2. The molecule has 1 fully saturated rings. The van der Waals surface area contributed by atoms with E-state index in [2.05, 4.69) is 32.0 Å². The van der Waals surface area contributed by atoms with Gasteiger partial charge in [0.15, 0.2) is 11.5 Å². The molecule has 0 amide bonds. The molecular formula is C18H24ClN5O2. The topological polar surface area (TPSA) is 61.0 Å². The number of ether oxygens (including phenoxy) is 2. The Morgan fingerprint density at radius 1 is 1.04 bits per heavy atom. The largest absolute Gasteiger partial charge is 0.486 e. The van der Waals surface area contributed by atoms with E-state index in [0.717, 1.165) is 62.2 Å². The molecular weight excluding hydrogens is 354 g/mol. The Balaban J connectivity index is 1.27. The summed E-state index contributed by atoms with van der Waals surface area (Å²) in [5.74, 6) is 1.75. The Morgan fingerprint density at radius 3 is 2.69 bits per heavy atom. The molecule has 0 aromatic heterocycles. The third kappa shape index (κ3) is 3.78. The van der Waals surface area contributed by atoms with Gasteiger partial charge in [0.05, 0.1) is 16.4 Å². The molecule has 3 N–H and O–H groups in total. The summed E-state index contributed by atoms with van der Waals surface area (Å²) in [6, 6.07) is 6.14. The molecule has 0 atom stereocenters. The molecule has 1 saturated heterocycles. The summed E-state index contributed by atoms with van der Waals surface area (Å²) in [4.78, 5) is 4.85. The number of fused-ring (bicyclic) bond motifs is 1. The molecule has 7 nitrogen and oxygen atoms in total. The summed E-state index contributed by atoms with van der Waals surface area (Å²) in [5.41, 5.74) is 7.83. The third-order valence-corrected chi connectivity index (χ3v) is 5.07. The monoisotopic (exact) mass is 377 g/mol. The molecule has 26 heavy (non-hydrogen) atoms.